The monoisotopic (exact) mass is 962 g/mol. The zero-order chi connectivity index (χ0) is 47.3. The lowest BCUT2D eigenvalue weighted by Crippen LogP contribution is -2.38. The number of benzene rings is 1. The van der Waals surface area contributed by atoms with E-state index in [1.165, 1.54) is 0 Å². The van der Waals surface area contributed by atoms with E-state index in [0.29, 0.717) is 0 Å². The summed E-state index contributed by atoms with van der Waals surface area (Å²) >= 11 is 0. The minimum absolute atomic E-state index is 0.0206. The Kier molecular flexibility index (Phi) is 12.9. The number of aliphatic hydroxyl groups excluding tert-OH is 2. The largest absolute Gasteiger partial charge is 0.695 e. The maximum Gasteiger partial charge on any atom is 0.695 e. The van der Waals surface area contributed by atoms with Gasteiger partial charge in [-0.1, -0.05) is 39.0 Å². The first-order valence-electron chi connectivity index (χ1n) is 20.0. The number of phosphoric ester groups is 1. The Morgan fingerprint density at radius 2 is 1.76 bits per heavy atom. The summed E-state index contributed by atoms with van der Waals surface area (Å²) in [6.45, 7) is 1.76. The van der Waals surface area contributed by atoms with Gasteiger partial charge < -0.3 is 25.0 Å². The molecule has 1 spiro atoms. The Morgan fingerprint density at radius 3 is 2.41 bits per heavy atom. The molecule has 4 aromatic heterocycles. The quantitative estimate of drug-likeness (QED) is 0.0576. The average Bonchev–Trinajstić information content (AvgIpc) is 3.91. The van der Waals surface area contributed by atoms with Crippen LogP contribution in [-0.4, -0.2) is 122 Å². The Morgan fingerprint density at radius 1 is 1.06 bits per heavy atom. The number of carbonyl (C=O) groups excluding carboxylic acids is 2. The number of nitrogens with one attached hydrogen (secondary N) is 3. The molecule has 3 aliphatic rings. The molecular formula is C37H40F2N11O14P2+. The molecular weight excluding hydrogens is 922 g/mol. The Hall–Kier alpha value is -5.62. The zero-order valence-electron chi connectivity index (χ0n) is 34.7. The number of nitriles is 1. The van der Waals surface area contributed by atoms with Gasteiger partial charge in [0.25, 0.3) is 17.4 Å². The highest BCUT2D eigenvalue weighted by Gasteiger charge is 2.89. The molecule has 2 amide bonds. The van der Waals surface area contributed by atoms with Gasteiger partial charge >= 0.3 is 16.1 Å². The number of fused-ring (bicyclic) bond motifs is 2. The number of carbonyl (C=O) groups is 2. The van der Waals surface area contributed by atoms with Crippen molar-refractivity contribution >= 4 is 62.0 Å². The van der Waals surface area contributed by atoms with E-state index in [0.717, 1.165) is 35.0 Å². The second-order valence-electron chi connectivity index (χ2n) is 15.6. The number of alkyl halides is 2. The molecule has 29 heteroatoms. The third-order valence-electron chi connectivity index (χ3n) is 11.5. The summed E-state index contributed by atoms with van der Waals surface area (Å²) in [5, 5.41) is 36.3. The summed E-state index contributed by atoms with van der Waals surface area (Å²) < 4.78 is 95.5. The van der Waals surface area contributed by atoms with Gasteiger partial charge in [-0.15, -0.1) is 9.42 Å². The van der Waals surface area contributed by atoms with Crippen LogP contribution in [0.4, 0.5) is 20.5 Å². The number of phosphoric acid groups is 1. The van der Waals surface area contributed by atoms with Crippen molar-refractivity contribution < 1.29 is 70.2 Å². The van der Waals surface area contributed by atoms with Gasteiger partial charge in [-0.05, 0) is 12.1 Å². The first kappa shape index (κ1) is 46.9. The first-order chi connectivity index (χ1) is 31.4. The van der Waals surface area contributed by atoms with E-state index in [1.807, 2.05) is 0 Å². The van der Waals surface area contributed by atoms with Crippen molar-refractivity contribution in [2.75, 3.05) is 30.5 Å². The summed E-state index contributed by atoms with van der Waals surface area (Å²) in [7, 11) is -8.72. The van der Waals surface area contributed by atoms with Crippen LogP contribution in [0.25, 0.3) is 22.3 Å². The van der Waals surface area contributed by atoms with Crippen molar-refractivity contribution in [3.63, 3.8) is 0 Å². The molecule has 25 nitrogen and oxygen atoms in total. The van der Waals surface area contributed by atoms with Gasteiger partial charge in [-0.2, -0.15) is 10.2 Å². The third kappa shape index (κ3) is 8.28. The van der Waals surface area contributed by atoms with E-state index in [-0.39, 0.29) is 39.7 Å². The molecule has 2 saturated heterocycles. The van der Waals surface area contributed by atoms with Crippen LogP contribution in [0.15, 0.2) is 54.1 Å². The Bertz CT molecular complexity index is 2830. The molecule has 1 aliphatic carbocycles. The lowest BCUT2D eigenvalue weighted by atomic mass is 9.91. The van der Waals surface area contributed by atoms with E-state index in [1.54, 1.807) is 50.2 Å². The third-order valence-corrected chi connectivity index (χ3v) is 13.4. The number of aromatic amines is 1. The molecule has 3 fully saturated rings. The standard InChI is InChI=1S/C37H39F2N11O14P2/c1-17(2)30(53)47-35-46-29-23(32(55)48-35)44-16-50(29)33-24(52)25(63-65(56)57)20(61-33)13-60-66(58,59-11-7-10-40)64-26-34(62-21(12-51)36(26)18(3)37(36,38)39)49-15-43-22-27(41-14-42-28(22)49)45-31(54)19-8-5-4-6-9-19/h4-6,8-9,14-18,20-21,24-26,33-34,51-52H,7,11-13H2,1-3H3,(H3-,41,42,45,46,47,48,53,54,55,56,57)/p+1/t18-,20-,21-,24-,25-,26+,33-,34-,36-,66?/m1/s1. The predicted molar refractivity (Wildman–Crippen MR) is 218 cm³/mol. The molecule has 2 aliphatic heterocycles. The van der Waals surface area contributed by atoms with E-state index in [2.05, 4.69) is 40.5 Å². The number of imidazole rings is 2. The Balaban J connectivity index is 1.11. The molecule has 6 N–H and O–H groups in total. The fourth-order valence-electron chi connectivity index (χ4n) is 8.12. The van der Waals surface area contributed by atoms with Crippen molar-refractivity contribution in [1.29, 1.82) is 5.26 Å². The zero-order valence-corrected chi connectivity index (χ0v) is 36.5. The van der Waals surface area contributed by atoms with E-state index in [9.17, 15) is 43.9 Å². The molecule has 5 aromatic rings. The number of rotatable bonds is 17. The van der Waals surface area contributed by atoms with Gasteiger partial charge in [0.15, 0.2) is 46.7 Å². The van der Waals surface area contributed by atoms with Crippen LogP contribution in [0.1, 0.15) is 50.0 Å². The van der Waals surface area contributed by atoms with Crippen molar-refractivity contribution in [3.8, 4) is 6.07 Å². The van der Waals surface area contributed by atoms with Gasteiger partial charge in [0.1, 0.15) is 30.1 Å². The lowest BCUT2D eigenvalue weighted by molar-refractivity contribution is -0.118. The number of halogens is 2. The smallest absolute Gasteiger partial charge is 0.394 e. The number of nitrogens with zero attached hydrogens (tertiary/aromatic N) is 8. The van der Waals surface area contributed by atoms with Gasteiger partial charge in [0.2, 0.25) is 11.9 Å². The molecule has 11 atom stereocenters. The van der Waals surface area contributed by atoms with Crippen molar-refractivity contribution in [2.45, 2.75) is 76.1 Å². The average molecular weight is 963 g/mol. The first-order valence-corrected chi connectivity index (χ1v) is 22.6. The highest BCUT2D eigenvalue weighted by atomic mass is 31.2. The summed E-state index contributed by atoms with van der Waals surface area (Å²) in [5.41, 5.74) is -3.48. The summed E-state index contributed by atoms with van der Waals surface area (Å²) in [6.07, 6.45) is -9.49. The minimum atomic E-state index is -5.25. The lowest BCUT2D eigenvalue weighted by Gasteiger charge is -2.29. The van der Waals surface area contributed by atoms with Crippen LogP contribution in [0.3, 0.4) is 0 Å². The molecule has 350 valence electrons. The van der Waals surface area contributed by atoms with Gasteiger partial charge in [0, 0.05) is 22.0 Å². The van der Waals surface area contributed by atoms with Crippen molar-refractivity contribution in [1.82, 2.24) is 39.0 Å². The van der Waals surface area contributed by atoms with E-state index >= 15 is 8.78 Å². The number of ether oxygens (including phenoxy) is 2. The number of anilines is 2. The van der Waals surface area contributed by atoms with Crippen LogP contribution < -0.4 is 16.2 Å². The van der Waals surface area contributed by atoms with Crippen LogP contribution in [-0.2, 0) is 41.5 Å². The maximum absolute atomic E-state index is 16.1. The maximum atomic E-state index is 16.1. The molecule has 8 rings (SSSR count). The summed E-state index contributed by atoms with van der Waals surface area (Å²) in [5.74, 6) is -7.12. The van der Waals surface area contributed by atoms with Crippen molar-refractivity contribution in [2.24, 2.45) is 17.3 Å². The van der Waals surface area contributed by atoms with Gasteiger partial charge in [0.05, 0.1) is 51.1 Å². The van der Waals surface area contributed by atoms with Crippen LogP contribution in [0, 0.1) is 28.6 Å². The molecule has 66 heavy (non-hydrogen) atoms. The fourth-order valence-corrected chi connectivity index (χ4v) is 9.99. The number of hydrogen-bond donors (Lipinski definition) is 6. The number of hydrogen-bond acceptors (Lipinski definition) is 19. The molecule has 0 bridgehead atoms. The van der Waals surface area contributed by atoms with Crippen LogP contribution in [0.5, 0.6) is 0 Å². The van der Waals surface area contributed by atoms with E-state index in [4.69, 9.17) is 27.6 Å². The summed E-state index contributed by atoms with van der Waals surface area (Å²) in [6, 6.07) is 9.90. The van der Waals surface area contributed by atoms with Crippen molar-refractivity contribution in [3.05, 3.63) is 65.2 Å². The number of amides is 2. The molecule has 1 saturated carbocycles. The highest BCUT2D eigenvalue weighted by Crippen LogP contribution is 2.76. The fraction of sp³-hybridized carbons (Fsp3) is 0.486. The normalized spacial score (nSPS) is 27.8. The minimum Gasteiger partial charge on any atom is -0.394 e. The second kappa shape index (κ2) is 18.2. The second-order valence-corrected chi connectivity index (χ2v) is 17.9. The highest BCUT2D eigenvalue weighted by molar-refractivity contribution is 7.48. The Labute approximate surface area is 371 Å². The molecule has 2 unspecified atom stereocenters. The number of H-pyrrole nitrogens is 1. The SMILES string of the molecule is CC(C)C(=O)Nc1nc2c(ncn2[C@@H]2O[C@H](COP(=O)(OCCC#N)O[C@H]3[C@H](n4cnc5c(NC(=O)c6ccccc6)ncnc54)O[C@H](CO)[C@]34[C@@H](C)C4(F)F)[C@@H](O[P+](=O)O)[C@H]2O)c(=O)[nH]1. The topological polar surface area (TPSA) is 339 Å². The summed E-state index contributed by atoms with van der Waals surface area (Å²) in [4.78, 5) is 71.4. The van der Waals surface area contributed by atoms with Crippen LogP contribution in [0.2, 0.25) is 0 Å². The molecule has 0 radical (unpaired) electrons. The number of aromatic nitrogens is 8. The number of aliphatic hydroxyl groups is 2. The van der Waals surface area contributed by atoms with Gasteiger partial charge in [-0.25, -0.2) is 33.3 Å². The predicted octanol–water partition coefficient (Wildman–Crippen LogP) is 2.70. The van der Waals surface area contributed by atoms with Crippen LogP contribution >= 0.6 is 16.1 Å². The van der Waals surface area contributed by atoms with E-state index < -0.39 is 126 Å². The molecule has 1 aromatic carbocycles. The van der Waals surface area contributed by atoms with Gasteiger partial charge in [-0.3, -0.25) is 47.4 Å². The molecule has 6 heterocycles.